The number of nitrogens with zero attached hydrogens (tertiary/aromatic N) is 1. The van der Waals surface area contributed by atoms with Crippen molar-refractivity contribution in [3.8, 4) is 11.5 Å². The highest BCUT2D eigenvalue weighted by Crippen LogP contribution is 2.35. The fourth-order valence-electron chi connectivity index (χ4n) is 2.45. The predicted octanol–water partition coefficient (Wildman–Crippen LogP) is 2.41. The molecule has 138 valence electrons. The Kier molecular flexibility index (Phi) is 4.96. The van der Waals surface area contributed by atoms with Crippen LogP contribution in [0.25, 0.3) is 0 Å². The lowest BCUT2D eigenvalue weighted by Gasteiger charge is -2.12. The molecule has 10 heteroatoms. The Morgan fingerprint density at radius 1 is 1.08 bits per heavy atom. The number of rotatable bonds is 5. The molecular formula is C16H17N3O6S. The second-order valence-corrected chi connectivity index (χ2v) is 7.37. The van der Waals surface area contributed by atoms with Gasteiger partial charge >= 0.3 is 0 Å². The van der Waals surface area contributed by atoms with Crippen LogP contribution in [0.3, 0.4) is 0 Å². The average Bonchev–Trinajstić information content (AvgIpc) is 2.86. The molecule has 9 nitrogen and oxygen atoms in total. The normalized spacial score (nSPS) is 13.7. The molecule has 0 radical (unpaired) electrons. The van der Waals surface area contributed by atoms with Gasteiger partial charge in [-0.25, -0.2) is 13.1 Å². The first-order valence-corrected chi connectivity index (χ1v) is 9.28. The molecule has 0 spiro atoms. The van der Waals surface area contributed by atoms with E-state index in [0.717, 1.165) is 12.5 Å². The minimum Gasteiger partial charge on any atom is -0.490 e. The summed E-state index contributed by atoms with van der Waals surface area (Å²) in [5.74, 6) is 1.16. The number of hydrogen-bond donors (Lipinski definition) is 2. The highest BCUT2D eigenvalue weighted by Gasteiger charge is 2.21. The molecule has 2 N–H and O–H groups in total. The first-order valence-electron chi connectivity index (χ1n) is 7.79. The largest absolute Gasteiger partial charge is 0.490 e. The van der Waals surface area contributed by atoms with E-state index in [1.54, 1.807) is 18.2 Å². The molecular weight excluding hydrogens is 362 g/mol. The van der Waals surface area contributed by atoms with Crippen LogP contribution in [-0.4, -0.2) is 33.6 Å². The number of nitro groups is 1. The maximum atomic E-state index is 11.9. The molecule has 0 aromatic heterocycles. The fraction of sp³-hybridized carbons (Fsp3) is 0.250. The molecule has 0 bridgehead atoms. The maximum absolute atomic E-state index is 11.9. The molecule has 0 amide bonds. The molecule has 2 aromatic carbocycles. The van der Waals surface area contributed by atoms with E-state index in [1.165, 1.54) is 19.2 Å². The van der Waals surface area contributed by atoms with Gasteiger partial charge in [0.05, 0.1) is 23.0 Å². The van der Waals surface area contributed by atoms with E-state index in [9.17, 15) is 18.5 Å². The summed E-state index contributed by atoms with van der Waals surface area (Å²) in [5, 5.41) is 14.3. The molecule has 0 saturated heterocycles. The Balaban J connectivity index is 1.95. The van der Waals surface area contributed by atoms with Crippen LogP contribution in [0.2, 0.25) is 0 Å². The molecule has 3 rings (SSSR count). The Labute approximate surface area is 150 Å². The Hall–Kier alpha value is -2.85. The number of sulfonamides is 1. The highest BCUT2D eigenvalue weighted by atomic mass is 32.2. The molecule has 2 aromatic rings. The Morgan fingerprint density at radius 3 is 2.50 bits per heavy atom. The smallest absolute Gasteiger partial charge is 0.294 e. The van der Waals surface area contributed by atoms with Crippen LogP contribution in [0.4, 0.5) is 17.1 Å². The average molecular weight is 379 g/mol. The van der Waals surface area contributed by atoms with Gasteiger partial charge in [-0.05, 0) is 31.3 Å². The fourth-order valence-corrected chi connectivity index (χ4v) is 3.20. The number of benzene rings is 2. The molecule has 0 saturated carbocycles. The first-order chi connectivity index (χ1) is 12.4. The van der Waals surface area contributed by atoms with Crippen molar-refractivity contribution in [2.75, 3.05) is 25.6 Å². The molecule has 26 heavy (non-hydrogen) atoms. The van der Waals surface area contributed by atoms with E-state index >= 15 is 0 Å². The monoisotopic (exact) mass is 379 g/mol. The van der Waals surface area contributed by atoms with Crippen molar-refractivity contribution in [1.82, 2.24) is 4.72 Å². The third-order valence-corrected chi connectivity index (χ3v) is 5.18. The zero-order valence-corrected chi connectivity index (χ0v) is 14.7. The minimum absolute atomic E-state index is 0.166. The second kappa shape index (κ2) is 7.18. The van der Waals surface area contributed by atoms with E-state index in [4.69, 9.17) is 9.47 Å². The van der Waals surface area contributed by atoms with Crippen molar-refractivity contribution in [2.45, 2.75) is 11.3 Å². The number of hydrogen-bond acceptors (Lipinski definition) is 7. The maximum Gasteiger partial charge on any atom is 0.294 e. The molecule has 1 heterocycles. The highest BCUT2D eigenvalue weighted by molar-refractivity contribution is 7.89. The topological polar surface area (TPSA) is 120 Å². The van der Waals surface area contributed by atoms with Crippen LogP contribution in [-0.2, 0) is 10.0 Å². The summed E-state index contributed by atoms with van der Waals surface area (Å²) >= 11 is 0. The molecule has 0 atom stereocenters. The van der Waals surface area contributed by atoms with Crippen molar-refractivity contribution in [3.63, 3.8) is 0 Å². The van der Waals surface area contributed by atoms with Crippen LogP contribution in [0, 0.1) is 10.1 Å². The third-order valence-electron chi connectivity index (χ3n) is 3.77. The number of nitro benzene ring substituents is 1. The van der Waals surface area contributed by atoms with Crippen LogP contribution >= 0.6 is 0 Å². The Bertz CT molecular complexity index is 945. The molecule has 0 aliphatic carbocycles. The van der Waals surface area contributed by atoms with Gasteiger partial charge in [-0.3, -0.25) is 10.1 Å². The van der Waals surface area contributed by atoms with Crippen LogP contribution in [0.1, 0.15) is 6.42 Å². The summed E-state index contributed by atoms with van der Waals surface area (Å²) in [6.45, 7) is 1.08. The van der Waals surface area contributed by atoms with Crippen molar-refractivity contribution in [3.05, 3.63) is 46.5 Å². The van der Waals surface area contributed by atoms with Gasteiger partial charge in [0, 0.05) is 24.2 Å². The summed E-state index contributed by atoms with van der Waals surface area (Å²) in [6, 6.07) is 8.76. The van der Waals surface area contributed by atoms with Gasteiger partial charge in [-0.15, -0.1) is 0 Å². The summed E-state index contributed by atoms with van der Waals surface area (Å²) < 4.78 is 37.0. The third kappa shape index (κ3) is 3.70. The van der Waals surface area contributed by atoms with E-state index in [1.807, 2.05) is 0 Å². The minimum atomic E-state index is -3.78. The number of nitrogens with one attached hydrogen (secondary N) is 2. The number of fused-ring (bicyclic) bond motifs is 1. The van der Waals surface area contributed by atoms with Gasteiger partial charge in [-0.2, -0.15) is 0 Å². The predicted molar refractivity (Wildman–Crippen MR) is 94.7 cm³/mol. The van der Waals surface area contributed by atoms with Crippen molar-refractivity contribution in [2.24, 2.45) is 0 Å². The van der Waals surface area contributed by atoms with Crippen molar-refractivity contribution in [1.29, 1.82) is 0 Å². The second-order valence-electron chi connectivity index (χ2n) is 5.48. The first kappa shape index (κ1) is 18.0. The lowest BCUT2D eigenvalue weighted by molar-refractivity contribution is -0.384. The van der Waals surface area contributed by atoms with Gasteiger partial charge < -0.3 is 14.8 Å². The van der Waals surface area contributed by atoms with Gasteiger partial charge in [0.2, 0.25) is 10.0 Å². The van der Waals surface area contributed by atoms with Crippen LogP contribution in [0.15, 0.2) is 41.3 Å². The number of anilines is 2. The van der Waals surface area contributed by atoms with E-state index in [0.29, 0.717) is 30.4 Å². The lowest BCUT2D eigenvalue weighted by Crippen LogP contribution is -2.18. The van der Waals surface area contributed by atoms with Gasteiger partial charge in [0.25, 0.3) is 5.69 Å². The summed E-state index contributed by atoms with van der Waals surface area (Å²) in [6.07, 6.45) is 0.768. The Morgan fingerprint density at radius 2 is 1.81 bits per heavy atom. The standard InChI is InChI=1S/C16H17N3O6S/c1-17-26(22,23)12-4-5-13(14(10-12)19(20)21)18-11-3-6-15-16(9-11)25-8-2-7-24-15/h3-6,9-10,17-18H,2,7-8H2,1H3. The summed E-state index contributed by atoms with van der Waals surface area (Å²) in [5.41, 5.74) is 0.370. The van der Waals surface area contributed by atoms with Crippen LogP contribution < -0.4 is 19.5 Å². The van der Waals surface area contributed by atoms with Crippen molar-refractivity contribution < 1.29 is 22.8 Å². The zero-order valence-electron chi connectivity index (χ0n) is 13.9. The van der Waals surface area contributed by atoms with Crippen LogP contribution in [0.5, 0.6) is 11.5 Å². The quantitative estimate of drug-likeness (QED) is 0.604. The SMILES string of the molecule is CNS(=O)(=O)c1ccc(Nc2ccc3c(c2)OCCCO3)c([N+](=O)[O-])c1. The number of ether oxygens (including phenoxy) is 2. The van der Waals surface area contributed by atoms with E-state index in [-0.39, 0.29) is 16.3 Å². The molecule has 1 aliphatic heterocycles. The lowest BCUT2D eigenvalue weighted by atomic mass is 10.2. The summed E-state index contributed by atoms with van der Waals surface area (Å²) in [4.78, 5) is 10.5. The molecule has 0 unspecified atom stereocenters. The summed E-state index contributed by atoms with van der Waals surface area (Å²) in [7, 11) is -2.54. The van der Waals surface area contributed by atoms with Gasteiger partial charge in [0.15, 0.2) is 11.5 Å². The van der Waals surface area contributed by atoms with Gasteiger partial charge in [0.1, 0.15) is 5.69 Å². The molecule has 0 fully saturated rings. The van der Waals surface area contributed by atoms with E-state index in [2.05, 4.69) is 10.0 Å². The van der Waals surface area contributed by atoms with E-state index < -0.39 is 14.9 Å². The van der Waals surface area contributed by atoms with Crippen molar-refractivity contribution >= 4 is 27.1 Å². The molecule has 1 aliphatic rings. The van der Waals surface area contributed by atoms with Gasteiger partial charge in [-0.1, -0.05) is 0 Å². The zero-order chi connectivity index (χ0) is 18.7.